The monoisotopic (exact) mass is 256 g/mol. The topological polar surface area (TPSA) is 66.7 Å². The van der Waals surface area contributed by atoms with Crippen molar-refractivity contribution in [3.8, 4) is 0 Å². The van der Waals surface area contributed by atoms with Gasteiger partial charge >= 0.3 is 6.03 Å². The van der Waals surface area contributed by atoms with E-state index in [0.717, 1.165) is 0 Å². The van der Waals surface area contributed by atoms with Crippen molar-refractivity contribution in [3.05, 3.63) is 52.7 Å². The minimum atomic E-state index is -0.345. The number of hydrogen-bond donors (Lipinski definition) is 1. The summed E-state index contributed by atoms with van der Waals surface area (Å²) >= 11 is 0. The number of nitrogens with one attached hydrogen (secondary N) is 1. The highest BCUT2D eigenvalue weighted by Crippen LogP contribution is 2.18. The molecule has 0 spiro atoms. The predicted molar refractivity (Wildman–Crippen MR) is 71.2 cm³/mol. The average Bonchev–Trinajstić information content (AvgIpc) is 2.68. The maximum atomic E-state index is 12.5. The van der Waals surface area contributed by atoms with Gasteiger partial charge in [0.25, 0.3) is 5.56 Å². The zero-order valence-corrected chi connectivity index (χ0v) is 10.4. The van der Waals surface area contributed by atoms with E-state index < -0.39 is 0 Å². The highest BCUT2D eigenvalue weighted by atomic mass is 16.2. The number of hydrogen-bond acceptors (Lipinski definition) is 3. The van der Waals surface area contributed by atoms with Crippen molar-refractivity contribution in [2.45, 2.75) is 6.92 Å². The molecule has 0 aliphatic carbocycles. The van der Waals surface area contributed by atoms with Crippen LogP contribution in [-0.4, -0.2) is 22.0 Å². The number of aryl methyl sites for hydroxylation is 1. The molecule has 0 unspecified atom stereocenters. The second-order valence-corrected chi connectivity index (χ2v) is 4.40. The number of carbonyl (C=O) groups is 1. The van der Waals surface area contributed by atoms with Crippen LogP contribution < -0.4 is 15.8 Å². The van der Waals surface area contributed by atoms with Gasteiger partial charge in [0.05, 0.1) is 12.2 Å². The molecule has 3 rings (SSSR count). The molecule has 0 saturated carbocycles. The lowest BCUT2D eigenvalue weighted by Gasteiger charge is -2.15. The normalized spacial score (nSPS) is 15.1. The van der Waals surface area contributed by atoms with Crippen molar-refractivity contribution in [3.63, 3.8) is 0 Å². The number of amides is 2. The van der Waals surface area contributed by atoms with Gasteiger partial charge in [0.2, 0.25) is 0 Å². The predicted octanol–water partition coefficient (Wildman–Crippen LogP) is 1.05. The summed E-state index contributed by atoms with van der Waals surface area (Å²) in [6, 6.07) is 4.97. The zero-order valence-electron chi connectivity index (χ0n) is 10.4. The second-order valence-electron chi connectivity index (χ2n) is 4.40. The van der Waals surface area contributed by atoms with Crippen molar-refractivity contribution < 1.29 is 4.79 Å². The van der Waals surface area contributed by atoms with E-state index in [-0.39, 0.29) is 18.1 Å². The van der Waals surface area contributed by atoms with Gasteiger partial charge in [-0.15, -0.1) is 0 Å². The summed E-state index contributed by atoms with van der Waals surface area (Å²) in [5, 5.41) is 2.58. The Morgan fingerprint density at radius 1 is 1.37 bits per heavy atom. The Hall–Kier alpha value is -2.63. The van der Waals surface area contributed by atoms with Crippen LogP contribution in [0, 0.1) is 6.92 Å². The maximum absolute atomic E-state index is 12.5. The molecule has 0 radical (unpaired) electrons. The number of aromatic nitrogens is 2. The van der Waals surface area contributed by atoms with E-state index in [0.29, 0.717) is 22.7 Å². The van der Waals surface area contributed by atoms with Gasteiger partial charge in [-0.2, -0.15) is 0 Å². The quantitative estimate of drug-likeness (QED) is 0.829. The van der Waals surface area contributed by atoms with Crippen molar-refractivity contribution >= 4 is 17.4 Å². The van der Waals surface area contributed by atoms with Crippen LogP contribution in [0.3, 0.4) is 0 Å². The number of nitrogens with zero attached hydrogens (tertiary/aromatic N) is 3. The van der Waals surface area contributed by atoms with Crippen LogP contribution in [-0.2, 0) is 0 Å². The molecule has 2 aromatic heterocycles. The Morgan fingerprint density at radius 3 is 2.84 bits per heavy atom. The molecule has 0 bridgehead atoms. The van der Waals surface area contributed by atoms with Gasteiger partial charge in [0.1, 0.15) is 11.3 Å². The highest BCUT2D eigenvalue weighted by Gasteiger charge is 2.28. The van der Waals surface area contributed by atoms with Gasteiger partial charge in [-0.3, -0.25) is 14.1 Å². The van der Waals surface area contributed by atoms with E-state index in [1.165, 1.54) is 9.30 Å². The Balaban J connectivity index is 2.27. The van der Waals surface area contributed by atoms with Crippen LogP contribution in [0.25, 0.3) is 5.65 Å². The number of carbonyl (C=O) groups excluding carboxylic acids is 1. The van der Waals surface area contributed by atoms with E-state index in [4.69, 9.17) is 0 Å². The molecular formula is C13H12N4O2. The molecule has 19 heavy (non-hydrogen) atoms. The number of fused-ring (bicyclic) bond motifs is 1. The van der Waals surface area contributed by atoms with Gasteiger partial charge in [-0.25, -0.2) is 9.78 Å². The fraction of sp³-hybridized carbons (Fsp3) is 0.154. The first-order valence-corrected chi connectivity index (χ1v) is 5.82. The summed E-state index contributed by atoms with van der Waals surface area (Å²) in [5.74, 6) is 0. The number of rotatable bonds is 1. The van der Waals surface area contributed by atoms with Crippen LogP contribution in [0.5, 0.6) is 0 Å². The summed E-state index contributed by atoms with van der Waals surface area (Å²) in [6.45, 7) is 5.71. The first kappa shape index (κ1) is 11.5. The number of anilines is 1. The van der Waals surface area contributed by atoms with Crippen molar-refractivity contribution in [1.82, 2.24) is 14.7 Å². The van der Waals surface area contributed by atoms with Gasteiger partial charge in [-0.05, 0) is 19.1 Å². The molecule has 1 aliphatic heterocycles. The molecular weight excluding hydrogens is 244 g/mol. The fourth-order valence-electron chi connectivity index (χ4n) is 2.20. The van der Waals surface area contributed by atoms with Gasteiger partial charge in [0.15, 0.2) is 0 Å². The summed E-state index contributed by atoms with van der Waals surface area (Å²) in [6.07, 6.45) is 1.64. The summed E-state index contributed by atoms with van der Waals surface area (Å²) in [4.78, 5) is 30.0. The summed E-state index contributed by atoms with van der Waals surface area (Å²) < 4.78 is 1.43. The number of pyridine rings is 1. The molecule has 96 valence electrons. The third-order valence-electron chi connectivity index (χ3n) is 3.03. The fourth-order valence-corrected chi connectivity index (χ4v) is 2.20. The standard InChI is InChI=1S/C13H12N4O2/c1-8-7-17(13(19)14-8)11-9(2)15-10-5-3-4-6-16(10)12(11)18/h3-6H,1,7H2,2H3,(H,14,19). The molecule has 2 aromatic rings. The van der Waals surface area contributed by atoms with Crippen LogP contribution >= 0.6 is 0 Å². The van der Waals surface area contributed by atoms with Gasteiger partial charge in [-0.1, -0.05) is 12.6 Å². The van der Waals surface area contributed by atoms with Crippen LogP contribution in [0.2, 0.25) is 0 Å². The minimum Gasteiger partial charge on any atom is -0.310 e. The van der Waals surface area contributed by atoms with Crippen LogP contribution in [0.4, 0.5) is 10.5 Å². The largest absolute Gasteiger partial charge is 0.326 e. The van der Waals surface area contributed by atoms with E-state index in [1.54, 1.807) is 25.3 Å². The lowest BCUT2D eigenvalue weighted by molar-refractivity contribution is 0.252. The molecule has 6 nitrogen and oxygen atoms in total. The van der Waals surface area contributed by atoms with E-state index in [1.807, 2.05) is 6.07 Å². The summed E-state index contributed by atoms with van der Waals surface area (Å²) in [5.41, 5.74) is 1.70. The van der Waals surface area contributed by atoms with Crippen LogP contribution in [0.15, 0.2) is 41.5 Å². The number of urea groups is 1. The Labute approximate surface area is 109 Å². The van der Waals surface area contributed by atoms with Gasteiger partial charge in [0, 0.05) is 11.9 Å². The highest BCUT2D eigenvalue weighted by molar-refractivity contribution is 5.96. The first-order valence-electron chi connectivity index (χ1n) is 5.82. The van der Waals surface area contributed by atoms with Crippen molar-refractivity contribution in [1.29, 1.82) is 0 Å². The van der Waals surface area contributed by atoms with E-state index >= 15 is 0 Å². The lowest BCUT2D eigenvalue weighted by Crippen LogP contribution is -2.34. The first-order chi connectivity index (χ1) is 9.08. The molecule has 6 heteroatoms. The molecule has 1 N–H and O–H groups in total. The zero-order chi connectivity index (χ0) is 13.6. The molecule has 0 aromatic carbocycles. The lowest BCUT2D eigenvalue weighted by atomic mass is 10.3. The maximum Gasteiger partial charge on any atom is 0.326 e. The van der Waals surface area contributed by atoms with Crippen molar-refractivity contribution in [2.24, 2.45) is 0 Å². The molecule has 1 saturated heterocycles. The van der Waals surface area contributed by atoms with Gasteiger partial charge < -0.3 is 5.32 Å². The molecule has 0 atom stereocenters. The minimum absolute atomic E-state index is 0.257. The smallest absolute Gasteiger partial charge is 0.310 e. The summed E-state index contributed by atoms with van der Waals surface area (Å²) in [7, 11) is 0. The van der Waals surface area contributed by atoms with Crippen molar-refractivity contribution in [2.75, 3.05) is 11.4 Å². The Bertz CT molecular complexity index is 763. The Morgan fingerprint density at radius 2 is 2.16 bits per heavy atom. The average molecular weight is 256 g/mol. The second kappa shape index (κ2) is 3.94. The van der Waals surface area contributed by atoms with E-state index in [9.17, 15) is 9.59 Å². The SMILES string of the molecule is C=C1CN(c2c(C)nc3ccccn3c2=O)C(=O)N1. The third-order valence-corrected chi connectivity index (χ3v) is 3.03. The van der Waals surface area contributed by atoms with E-state index in [2.05, 4.69) is 16.9 Å². The van der Waals surface area contributed by atoms with Crippen LogP contribution in [0.1, 0.15) is 5.69 Å². The molecule has 2 amide bonds. The third kappa shape index (κ3) is 1.69. The Kier molecular flexibility index (Phi) is 2.38. The molecule has 1 aliphatic rings. The molecule has 1 fully saturated rings. The molecule has 3 heterocycles.